The van der Waals surface area contributed by atoms with Gasteiger partial charge in [0.15, 0.2) is 11.3 Å². The summed E-state index contributed by atoms with van der Waals surface area (Å²) in [4.78, 5) is 141. The van der Waals surface area contributed by atoms with E-state index in [1.807, 2.05) is 17.0 Å². The molecule has 6 aliphatic rings. The summed E-state index contributed by atoms with van der Waals surface area (Å²) in [7, 11) is 3.53. The number of likely N-dealkylation sites (N-methyl/N-ethyl adjacent to an activating group) is 1. The van der Waals surface area contributed by atoms with Gasteiger partial charge in [0.2, 0.25) is 23.2 Å². The number of hydrogen-bond donors (Lipinski definition) is 10. The van der Waals surface area contributed by atoms with E-state index in [-0.39, 0.29) is 112 Å². The number of aromatic nitrogens is 1. The van der Waals surface area contributed by atoms with Crippen LogP contribution in [0.15, 0.2) is 93.9 Å². The predicted molar refractivity (Wildman–Crippen MR) is 389 cm³/mol. The van der Waals surface area contributed by atoms with Crippen LogP contribution in [0.25, 0.3) is 33.3 Å². The number of ether oxygens (including phenoxy) is 4. The van der Waals surface area contributed by atoms with Crippen LogP contribution in [0.5, 0.6) is 17.2 Å². The predicted octanol–water partition coefficient (Wildman–Crippen LogP) is 6.62. The summed E-state index contributed by atoms with van der Waals surface area (Å²) >= 11 is 0. The van der Waals surface area contributed by atoms with Crippen molar-refractivity contribution in [1.82, 2.24) is 25.8 Å². The van der Waals surface area contributed by atoms with Crippen molar-refractivity contribution >= 4 is 92.2 Å². The molecule has 5 aliphatic heterocycles. The number of unbranched alkanes of at least 4 members (excludes halogenated alkanes) is 2. The minimum atomic E-state index is -2.16. The van der Waals surface area contributed by atoms with Crippen LogP contribution in [0.3, 0.4) is 0 Å². The molecule has 8 amide bonds. The lowest BCUT2D eigenvalue weighted by Crippen LogP contribution is -2.56. The number of amides is 8. The number of hydrogen-bond acceptors (Lipinski definition) is 21. The Hall–Kier alpha value is -10.2. The van der Waals surface area contributed by atoms with Crippen molar-refractivity contribution in [3.8, 4) is 28.7 Å². The zero-order chi connectivity index (χ0) is 76.7. The number of methoxy groups -OCH3 is 1. The molecule has 0 unspecified atom stereocenters. The average Bonchev–Trinajstić information content (AvgIpc) is 1.64. The van der Waals surface area contributed by atoms with Crippen molar-refractivity contribution in [1.29, 1.82) is 0 Å². The third-order valence-corrected chi connectivity index (χ3v) is 20.4. The highest BCUT2D eigenvalue weighted by Gasteiger charge is 2.50. The molecular weight excluding hydrogens is 1360 g/mol. The zero-order valence-electron chi connectivity index (χ0n) is 61.3. The normalized spacial score (nSPS) is 24.6. The molecule has 1 saturated heterocycles. The van der Waals surface area contributed by atoms with Gasteiger partial charge in [0.25, 0.3) is 23.5 Å². The van der Waals surface area contributed by atoms with Crippen LogP contribution in [0.2, 0.25) is 0 Å². The Morgan fingerprint density at radius 2 is 1.55 bits per heavy atom. The SMILES string of the molecule is CO[C@H]1/C=C/O[C@@]2(C)Oc3c(C)c(O)c4c(=O)c(c5oc6cc(N7CC[N+](C)(Cc8ccc(NC(=O)[C@H](CCCNC(N)=O)NC(=O)[C@@H](NC(=O)CCCCCN9C(=O)C=CC9=O)C(C)C)cc8)CC7)cc(O)c6nc-5c4c3C2=O)NC(=O)/C(C)=C\C=C\[C@H](C)[C@H](O)[C@@H](C)[C@@H](O)[C@@H](C)[C@H](OC(C)=O)[C@@H]1C. The third-order valence-electron chi connectivity index (χ3n) is 20.4. The average molecular weight is 1450 g/mol. The van der Waals surface area contributed by atoms with Crippen LogP contribution < -0.4 is 47.4 Å². The minimum absolute atomic E-state index is 0.0111. The van der Waals surface area contributed by atoms with Gasteiger partial charge in [-0.1, -0.05) is 78.3 Å². The van der Waals surface area contributed by atoms with Gasteiger partial charge in [0, 0.05) is 122 Å². The highest BCUT2D eigenvalue weighted by atomic mass is 16.7. The Morgan fingerprint density at radius 1 is 0.867 bits per heavy atom. The third kappa shape index (κ3) is 17.8. The van der Waals surface area contributed by atoms with E-state index >= 15 is 9.59 Å². The first-order valence-electron chi connectivity index (χ1n) is 35.4. The summed E-state index contributed by atoms with van der Waals surface area (Å²) < 4.78 is 31.3. The zero-order valence-corrected chi connectivity index (χ0v) is 61.3. The summed E-state index contributed by atoms with van der Waals surface area (Å²) in [5.74, 6) is -11.1. The Balaban J connectivity index is 0.944. The number of allylic oxidation sites excluding steroid dienone is 2. The molecule has 0 saturated carbocycles. The molecule has 3 aromatic rings. The summed E-state index contributed by atoms with van der Waals surface area (Å²) in [5, 5.41) is 60.5. The number of aliphatic hydroxyl groups is 2. The molecule has 0 radical (unpaired) electrons. The summed E-state index contributed by atoms with van der Waals surface area (Å²) in [6.45, 7) is 19.0. The van der Waals surface area contributed by atoms with E-state index in [1.165, 1.54) is 71.4 Å². The molecule has 564 valence electrons. The van der Waals surface area contributed by atoms with Gasteiger partial charge in [-0.15, -0.1) is 0 Å². The molecule has 3 aromatic carbocycles. The molecule has 11 N–H and O–H groups in total. The second-order valence-corrected chi connectivity index (χ2v) is 28.7. The number of nitrogens with zero attached hydrogens (tertiary/aromatic N) is 4. The minimum Gasteiger partial charge on any atom is -0.507 e. The Morgan fingerprint density at radius 3 is 2.20 bits per heavy atom. The second kappa shape index (κ2) is 33.3. The molecular formula is C76H97N10O19+. The van der Waals surface area contributed by atoms with E-state index in [1.54, 1.807) is 71.9 Å². The number of imide groups is 1. The molecule has 0 aromatic heterocycles. The standard InChI is InChI=1S/C76H96N10O19/c1-39(2)60(81-54(89)21-14-13-15-30-85-55(90)26-27-56(85)91)74(99)80-50(20-17-29-78-75(77)100)73(98)79-48-24-22-47(23-25-48)38-86(11)33-31-84(32-34-86)49-36-51(88)61-53(37-49)104-70-62(82-61)57-58-66(94)45(8)69-59(57)71(96)76(10,105-69)102-35-28-52(101-12)42(5)68(103-46(9)87)44(7)65(93)43(6)64(92)40(3)18-16-19-41(4)72(97)83-63(70)67(58)95/h16,18-19,22-28,35-37,39-40,42-44,50,52,60,64-65,68,92-93H,13-15,17,20-21,29-34,38H2,1-12H3,(H8-,77,78,79,80,81,82,83,88,89,90,91,94,95,96,97,98,99,100)/p+1/b18-16+,35-28+,41-19-/t40-,42+,43+,44+,50-,52-,60-,64-,65+,68+,76-/m0/s1. The Bertz CT molecular complexity index is 4310. The number of nitrogens with two attached hydrogens (primary N) is 1. The fourth-order valence-electron chi connectivity index (χ4n) is 14.0. The van der Waals surface area contributed by atoms with Gasteiger partial charge in [-0.3, -0.25) is 48.1 Å². The maximum atomic E-state index is 15.2. The van der Waals surface area contributed by atoms with E-state index in [2.05, 4.69) is 33.6 Å². The number of carbonyl (C=O) groups excluding carboxylic acids is 9. The van der Waals surface area contributed by atoms with E-state index in [9.17, 15) is 58.8 Å². The first-order valence-corrected chi connectivity index (χ1v) is 35.4. The smallest absolute Gasteiger partial charge is 0.312 e. The van der Waals surface area contributed by atoms with E-state index in [4.69, 9.17) is 34.1 Å². The number of aromatic hydroxyl groups is 2. The summed E-state index contributed by atoms with van der Waals surface area (Å²) in [5.41, 5.74) is 5.36. The second-order valence-electron chi connectivity index (χ2n) is 28.7. The monoisotopic (exact) mass is 1450 g/mol. The topological polar surface area (TPSA) is 407 Å². The number of carbonyl (C=O) groups is 9. The largest absolute Gasteiger partial charge is 0.507 e. The number of phenolic OH excluding ortho intramolecular Hbond substituents is 2. The number of phenols is 2. The number of ketones is 1. The number of primary amides is 1. The number of aliphatic hydroxyl groups excluding tert-OH is 2. The number of piperazine rings is 1. The van der Waals surface area contributed by atoms with Crippen LogP contribution >= 0.6 is 0 Å². The van der Waals surface area contributed by atoms with Crippen molar-refractivity contribution in [2.45, 2.75) is 157 Å². The number of quaternary nitrogens is 1. The van der Waals surface area contributed by atoms with Crippen molar-refractivity contribution in [3.05, 3.63) is 112 Å². The van der Waals surface area contributed by atoms with Crippen LogP contribution in [0.1, 0.15) is 122 Å². The van der Waals surface area contributed by atoms with Crippen LogP contribution in [0.4, 0.5) is 21.9 Å². The van der Waals surface area contributed by atoms with E-state index < -0.39 is 124 Å². The molecule has 9 rings (SSSR count). The molecule has 1 fully saturated rings. The van der Waals surface area contributed by atoms with E-state index in [0.717, 1.165) is 10.5 Å². The first-order chi connectivity index (χ1) is 49.7. The lowest BCUT2D eigenvalue weighted by Gasteiger charge is -2.43. The van der Waals surface area contributed by atoms with Gasteiger partial charge in [-0.2, -0.15) is 0 Å². The maximum Gasteiger partial charge on any atom is 0.312 e. The molecule has 4 bridgehead atoms. The molecule has 29 heteroatoms. The number of rotatable bonds is 21. The fraction of sp³-hybridized carbons (Fsp3) is 0.487. The highest BCUT2D eigenvalue weighted by molar-refractivity contribution is 6.22. The molecule has 0 spiro atoms. The molecule has 1 aliphatic carbocycles. The first kappa shape index (κ1) is 78.9. The molecule has 5 heterocycles. The molecule has 29 nitrogen and oxygen atoms in total. The fourth-order valence-corrected chi connectivity index (χ4v) is 14.0. The van der Waals surface area contributed by atoms with Gasteiger partial charge in [-0.25, -0.2) is 9.78 Å². The maximum absolute atomic E-state index is 15.2. The number of esters is 1. The molecule has 11 atom stereocenters. The number of fused-ring (bicyclic) bond motifs is 2. The summed E-state index contributed by atoms with van der Waals surface area (Å²) in [6, 6.07) is 7.65. The lowest BCUT2D eigenvalue weighted by atomic mass is 9.78. The quantitative estimate of drug-likeness (QED) is 0.00921. The van der Waals surface area contributed by atoms with Crippen molar-refractivity contribution in [2.24, 2.45) is 35.3 Å². The van der Waals surface area contributed by atoms with Crippen LogP contribution in [0, 0.1) is 36.5 Å². The van der Waals surface area contributed by atoms with Gasteiger partial charge < -0.3 is 85.5 Å². The Kier molecular flexibility index (Phi) is 25.0. The highest BCUT2D eigenvalue weighted by Crippen LogP contribution is 2.51. The number of benzene rings is 4. The van der Waals surface area contributed by atoms with Crippen molar-refractivity contribution in [2.75, 3.05) is 69.0 Å². The van der Waals surface area contributed by atoms with Crippen LogP contribution in [-0.2, 0) is 54.3 Å². The van der Waals surface area contributed by atoms with Crippen LogP contribution in [-0.4, -0.2) is 184 Å². The van der Waals surface area contributed by atoms with Crippen molar-refractivity contribution in [3.63, 3.8) is 0 Å². The summed E-state index contributed by atoms with van der Waals surface area (Å²) in [6.07, 6.45) is 7.58. The lowest BCUT2D eigenvalue weighted by molar-refractivity contribution is -0.923. The van der Waals surface area contributed by atoms with Crippen molar-refractivity contribution < 1.29 is 91.4 Å². The van der Waals surface area contributed by atoms with Gasteiger partial charge >= 0.3 is 17.8 Å². The Labute approximate surface area is 608 Å². The molecule has 105 heavy (non-hydrogen) atoms. The number of nitrogens with one attached hydrogen (secondary N) is 5. The van der Waals surface area contributed by atoms with Gasteiger partial charge in [0.05, 0.1) is 68.8 Å². The number of anilines is 3. The number of Topliss-reactive ketones (excluding diaryl/α,β-unsaturated/α-hetero) is 1. The number of urea groups is 1. The van der Waals surface area contributed by atoms with Gasteiger partial charge in [-0.05, 0) is 63.7 Å². The van der Waals surface area contributed by atoms with E-state index in [0.29, 0.717) is 67.8 Å². The van der Waals surface area contributed by atoms with Gasteiger partial charge in [0.1, 0.15) is 58.9 Å².